The number of amides is 2. The Labute approximate surface area is 267 Å². The SMILES string of the molecule is Cc1cc(OCCCc2c(C(=O)NC3CCN(C(=O)CC(=O)O)CC3)[nH]c3c(-c4c(C)nn(C)c4C)cccc23)cc(C)c1Cl. The van der Waals surface area contributed by atoms with E-state index in [4.69, 9.17) is 21.4 Å². The number of aliphatic carboxylic acids is 1. The Kier molecular flexibility index (Phi) is 9.53. The van der Waals surface area contributed by atoms with E-state index in [-0.39, 0.29) is 11.9 Å². The molecule has 0 spiro atoms. The first-order chi connectivity index (χ1) is 21.4. The second-order valence-corrected chi connectivity index (χ2v) is 12.3. The van der Waals surface area contributed by atoms with Crippen molar-refractivity contribution in [3.8, 4) is 16.9 Å². The molecule has 2 aromatic heterocycles. The van der Waals surface area contributed by atoms with E-state index in [1.165, 1.54) is 0 Å². The average molecular weight is 634 g/mol. The van der Waals surface area contributed by atoms with Crippen molar-refractivity contribution in [2.75, 3.05) is 19.7 Å². The molecule has 0 aliphatic carbocycles. The van der Waals surface area contributed by atoms with E-state index in [9.17, 15) is 14.4 Å². The van der Waals surface area contributed by atoms with Gasteiger partial charge in [-0.2, -0.15) is 5.10 Å². The van der Waals surface area contributed by atoms with Crippen molar-refractivity contribution in [1.82, 2.24) is 25.0 Å². The van der Waals surface area contributed by atoms with Gasteiger partial charge in [-0.05, 0) is 82.2 Å². The van der Waals surface area contributed by atoms with Crippen molar-refractivity contribution in [2.24, 2.45) is 7.05 Å². The largest absolute Gasteiger partial charge is 0.494 e. The minimum Gasteiger partial charge on any atom is -0.494 e. The fourth-order valence-corrected chi connectivity index (χ4v) is 6.41. The van der Waals surface area contributed by atoms with Gasteiger partial charge in [-0.3, -0.25) is 19.1 Å². The monoisotopic (exact) mass is 633 g/mol. The van der Waals surface area contributed by atoms with E-state index in [0.717, 1.165) is 60.9 Å². The number of H-pyrrole nitrogens is 1. The number of aryl methyl sites for hydroxylation is 5. The van der Waals surface area contributed by atoms with Crippen LogP contribution in [-0.2, 0) is 23.1 Å². The average Bonchev–Trinajstić information content (AvgIpc) is 3.49. The smallest absolute Gasteiger partial charge is 0.312 e. The number of piperidine rings is 1. The van der Waals surface area contributed by atoms with Crippen LogP contribution in [0.15, 0.2) is 30.3 Å². The third-order valence-corrected chi connectivity index (χ3v) is 9.28. The van der Waals surface area contributed by atoms with Crippen molar-refractivity contribution in [2.45, 2.75) is 65.8 Å². The lowest BCUT2D eigenvalue weighted by Crippen LogP contribution is -2.47. The fourth-order valence-electron chi connectivity index (χ4n) is 6.30. The van der Waals surface area contributed by atoms with Gasteiger partial charge >= 0.3 is 5.97 Å². The van der Waals surface area contributed by atoms with Crippen LogP contribution in [0.5, 0.6) is 5.75 Å². The zero-order chi connectivity index (χ0) is 32.4. The number of likely N-dealkylation sites (tertiary alicyclic amines) is 1. The number of hydrogen-bond acceptors (Lipinski definition) is 5. The summed E-state index contributed by atoms with van der Waals surface area (Å²) in [5.41, 5.74) is 8.23. The summed E-state index contributed by atoms with van der Waals surface area (Å²) in [6.07, 6.45) is 1.90. The molecule has 3 N–H and O–H groups in total. The Morgan fingerprint density at radius 1 is 1.11 bits per heavy atom. The first kappa shape index (κ1) is 32.1. The molecule has 4 aromatic rings. The molecular formula is C34H40ClN5O5. The van der Waals surface area contributed by atoms with Crippen LogP contribution in [0.3, 0.4) is 0 Å². The standard InChI is InChI=1S/C34H40ClN5O5/c1-19-16-24(17-20(2)31(19)35)45-15-7-10-26-25-8-6-9-27(30-21(3)38-39(5)22(30)4)32(25)37-33(26)34(44)36-23-11-13-40(14-12-23)28(41)18-29(42)43/h6,8-9,16-17,23,37H,7,10-15,18H2,1-5H3,(H,36,44)(H,42,43). The maximum atomic E-state index is 13.9. The van der Waals surface area contributed by atoms with Crippen LogP contribution in [0.4, 0.5) is 0 Å². The topological polar surface area (TPSA) is 130 Å². The van der Waals surface area contributed by atoms with E-state index >= 15 is 0 Å². The van der Waals surface area contributed by atoms with Gasteiger partial charge in [-0.1, -0.05) is 29.8 Å². The first-order valence-electron chi connectivity index (χ1n) is 15.3. The molecule has 11 heteroatoms. The highest BCUT2D eigenvalue weighted by Crippen LogP contribution is 2.36. The quantitative estimate of drug-likeness (QED) is 0.153. The fraction of sp³-hybridized carbons (Fsp3) is 0.412. The number of carboxylic acids is 1. The van der Waals surface area contributed by atoms with Gasteiger partial charge in [0.2, 0.25) is 5.91 Å². The molecule has 238 valence electrons. The van der Waals surface area contributed by atoms with E-state index in [1.807, 2.05) is 63.7 Å². The van der Waals surface area contributed by atoms with Gasteiger partial charge in [-0.25, -0.2) is 0 Å². The van der Waals surface area contributed by atoms with Crippen molar-refractivity contribution < 1.29 is 24.2 Å². The molecule has 1 aliphatic heterocycles. The highest BCUT2D eigenvalue weighted by atomic mass is 35.5. The predicted molar refractivity (Wildman–Crippen MR) is 174 cm³/mol. The summed E-state index contributed by atoms with van der Waals surface area (Å²) >= 11 is 6.33. The number of carboxylic acid groups (broad SMARTS) is 1. The lowest BCUT2D eigenvalue weighted by atomic mass is 9.98. The number of nitrogens with one attached hydrogen (secondary N) is 2. The van der Waals surface area contributed by atoms with Crippen molar-refractivity contribution in [3.63, 3.8) is 0 Å². The highest BCUT2D eigenvalue weighted by Gasteiger charge is 2.27. The van der Waals surface area contributed by atoms with Gasteiger partial charge in [0, 0.05) is 53.4 Å². The van der Waals surface area contributed by atoms with Gasteiger partial charge in [-0.15, -0.1) is 0 Å². The summed E-state index contributed by atoms with van der Waals surface area (Å²) < 4.78 is 7.95. The van der Waals surface area contributed by atoms with Crippen LogP contribution in [0.25, 0.3) is 22.0 Å². The van der Waals surface area contributed by atoms with E-state index in [2.05, 4.69) is 21.5 Å². The number of para-hydroxylation sites is 1. The van der Waals surface area contributed by atoms with Crippen molar-refractivity contribution >= 4 is 40.3 Å². The molecule has 1 aliphatic rings. The number of aromatic amines is 1. The van der Waals surface area contributed by atoms with Crippen LogP contribution in [-0.4, -0.2) is 68.3 Å². The molecular weight excluding hydrogens is 594 g/mol. The molecule has 1 saturated heterocycles. The Balaban J connectivity index is 1.39. The van der Waals surface area contributed by atoms with Gasteiger partial charge in [0.1, 0.15) is 17.9 Å². The van der Waals surface area contributed by atoms with Gasteiger partial charge in [0.25, 0.3) is 5.91 Å². The van der Waals surface area contributed by atoms with Gasteiger partial charge in [0.15, 0.2) is 0 Å². The van der Waals surface area contributed by atoms with E-state index < -0.39 is 18.3 Å². The van der Waals surface area contributed by atoms with Crippen molar-refractivity contribution in [1.29, 1.82) is 0 Å². The molecule has 0 unspecified atom stereocenters. The number of hydrogen-bond donors (Lipinski definition) is 3. The van der Waals surface area contributed by atoms with Crippen LogP contribution >= 0.6 is 11.6 Å². The normalized spacial score (nSPS) is 13.8. The minimum atomic E-state index is -1.14. The van der Waals surface area contributed by atoms with E-state index in [0.29, 0.717) is 51.1 Å². The van der Waals surface area contributed by atoms with Crippen molar-refractivity contribution in [3.05, 3.63) is 69.1 Å². The summed E-state index contributed by atoms with van der Waals surface area (Å²) in [6, 6.07) is 9.85. The number of carbonyl (C=O) groups excluding carboxylic acids is 2. The second-order valence-electron chi connectivity index (χ2n) is 11.9. The zero-order valence-corrected chi connectivity index (χ0v) is 27.2. The Bertz CT molecular complexity index is 1740. The van der Waals surface area contributed by atoms with Crippen LogP contribution < -0.4 is 10.1 Å². The van der Waals surface area contributed by atoms with Crippen LogP contribution in [0.1, 0.15) is 64.2 Å². The van der Waals surface area contributed by atoms with Crippen LogP contribution in [0, 0.1) is 27.7 Å². The number of nitrogens with zero attached hydrogens (tertiary/aromatic N) is 3. The molecule has 5 rings (SSSR count). The number of ether oxygens (including phenoxy) is 1. The molecule has 2 aromatic carbocycles. The number of fused-ring (bicyclic) bond motifs is 1. The summed E-state index contributed by atoms with van der Waals surface area (Å²) in [7, 11) is 1.93. The highest BCUT2D eigenvalue weighted by molar-refractivity contribution is 6.32. The summed E-state index contributed by atoms with van der Waals surface area (Å²) in [4.78, 5) is 42.0. The first-order valence-corrected chi connectivity index (χ1v) is 15.7. The molecule has 0 radical (unpaired) electrons. The molecule has 2 amide bonds. The molecule has 45 heavy (non-hydrogen) atoms. The summed E-state index contributed by atoms with van der Waals surface area (Å²) in [6.45, 7) is 9.22. The number of halogens is 1. The molecule has 0 atom stereocenters. The molecule has 3 heterocycles. The lowest BCUT2D eigenvalue weighted by molar-refractivity contribution is -0.144. The minimum absolute atomic E-state index is 0.132. The third kappa shape index (κ3) is 6.86. The Morgan fingerprint density at radius 3 is 2.42 bits per heavy atom. The van der Waals surface area contributed by atoms with Gasteiger partial charge in [0.05, 0.1) is 17.8 Å². The zero-order valence-electron chi connectivity index (χ0n) is 26.4. The maximum Gasteiger partial charge on any atom is 0.312 e. The number of carbonyl (C=O) groups is 3. The number of benzene rings is 2. The number of rotatable bonds is 10. The molecule has 0 saturated carbocycles. The second kappa shape index (κ2) is 13.4. The molecule has 10 nitrogen and oxygen atoms in total. The third-order valence-electron chi connectivity index (χ3n) is 8.68. The summed E-state index contributed by atoms with van der Waals surface area (Å²) in [5.74, 6) is -0.970. The summed E-state index contributed by atoms with van der Waals surface area (Å²) in [5, 5.41) is 18.5. The predicted octanol–water partition coefficient (Wildman–Crippen LogP) is 5.66. The molecule has 0 bridgehead atoms. The Hall–Kier alpha value is -4.31. The van der Waals surface area contributed by atoms with Crippen LogP contribution in [0.2, 0.25) is 5.02 Å². The Morgan fingerprint density at radius 2 is 1.80 bits per heavy atom. The number of aromatic nitrogens is 3. The molecule has 1 fully saturated rings. The lowest BCUT2D eigenvalue weighted by Gasteiger charge is -2.32. The maximum absolute atomic E-state index is 13.9. The van der Waals surface area contributed by atoms with Gasteiger partial charge < -0.3 is 25.0 Å². The van der Waals surface area contributed by atoms with E-state index in [1.54, 1.807) is 4.90 Å².